The first-order valence-corrected chi connectivity index (χ1v) is 6.52. The minimum Gasteiger partial charge on any atom is -0.362 e. The number of hydrogen-bond acceptors (Lipinski definition) is 2. The molecule has 0 radical (unpaired) electrons. The van der Waals surface area contributed by atoms with Crippen molar-refractivity contribution in [2.45, 2.75) is 40.2 Å². The van der Waals surface area contributed by atoms with E-state index in [1.807, 2.05) is 11.8 Å². The van der Waals surface area contributed by atoms with Gasteiger partial charge in [0.25, 0.3) is 0 Å². The van der Waals surface area contributed by atoms with Crippen LogP contribution in [0.15, 0.2) is 4.99 Å². The van der Waals surface area contributed by atoms with Gasteiger partial charge in [-0.05, 0) is 25.2 Å². The van der Waals surface area contributed by atoms with E-state index in [9.17, 15) is 0 Å². The maximum atomic E-state index is 4.58. The Morgan fingerprint density at radius 3 is 2.79 bits per heavy atom. The molecule has 1 heterocycles. The molecule has 2 unspecified atom stereocenters. The molecule has 0 amide bonds. The van der Waals surface area contributed by atoms with Crippen LogP contribution in [0.4, 0.5) is 0 Å². The highest BCUT2D eigenvalue weighted by molar-refractivity contribution is 8.13. The average Bonchev–Trinajstić information content (AvgIpc) is 2.10. The van der Waals surface area contributed by atoms with Gasteiger partial charge in [-0.25, -0.2) is 0 Å². The molecular weight excluding hydrogens is 192 g/mol. The first-order chi connectivity index (χ1) is 6.59. The van der Waals surface area contributed by atoms with E-state index in [2.05, 4.69) is 38.0 Å². The maximum Gasteiger partial charge on any atom is 0.156 e. The van der Waals surface area contributed by atoms with Gasteiger partial charge in [-0.1, -0.05) is 32.5 Å². The SMILES string of the molecule is CC(C)CCN=C1NC(C)C(C)CS1. The molecule has 2 atom stereocenters. The summed E-state index contributed by atoms with van der Waals surface area (Å²) < 4.78 is 0. The fourth-order valence-electron chi connectivity index (χ4n) is 1.25. The lowest BCUT2D eigenvalue weighted by Crippen LogP contribution is -2.41. The summed E-state index contributed by atoms with van der Waals surface area (Å²) in [6.07, 6.45) is 1.19. The van der Waals surface area contributed by atoms with Gasteiger partial charge < -0.3 is 5.32 Å². The molecular formula is C11H22N2S. The molecule has 14 heavy (non-hydrogen) atoms. The zero-order valence-corrected chi connectivity index (χ0v) is 10.5. The minimum absolute atomic E-state index is 0.578. The van der Waals surface area contributed by atoms with Gasteiger partial charge in [0, 0.05) is 18.3 Å². The standard InChI is InChI=1S/C11H22N2S/c1-8(2)5-6-12-11-13-10(4)9(3)7-14-11/h8-10H,5-7H2,1-4H3,(H,12,13). The normalized spacial score (nSPS) is 30.8. The number of thioether (sulfide) groups is 1. The zero-order valence-electron chi connectivity index (χ0n) is 9.71. The Morgan fingerprint density at radius 1 is 1.50 bits per heavy atom. The second kappa shape index (κ2) is 5.64. The number of aliphatic imine (C=N–C) groups is 1. The van der Waals surface area contributed by atoms with Gasteiger partial charge in [0.05, 0.1) is 0 Å². The van der Waals surface area contributed by atoms with E-state index >= 15 is 0 Å². The van der Waals surface area contributed by atoms with Crippen LogP contribution in [0.5, 0.6) is 0 Å². The molecule has 1 aliphatic heterocycles. The number of nitrogens with zero attached hydrogens (tertiary/aromatic N) is 1. The van der Waals surface area contributed by atoms with Crippen LogP contribution in [0, 0.1) is 11.8 Å². The molecule has 0 aliphatic carbocycles. The summed E-state index contributed by atoms with van der Waals surface area (Å²) in [5.41, 5.74) is 0. The Labute approximate surface area is 92.0 Å². The van der Waals surface area contributed by atoms with Crippen molar-refractivity contribution >= 4 is 16.9 Å². The van der Waals surface area contributed by atoms with Crippen molar-refractivity contribution < 1.29 is 0 Å². The Hall–Kier alpha value is -0.180. The number of amidine groups is 1. The van der Waals surface area contributed by atoms with Crippen LogP contribution in [0.25, 0.3) is 0 Å². The van der Waals surface area contributed by atoms with E-state index in [1.54, 1.807) is 0 Å². The monoisotopic (exact) mass is 214 g/mol. The summed E-state index contributed by atoms with van der Waals surface area (Å²) in [7, 11) is 0. The Morgan fingerprint density at radius 2 is 2.21 bits per heavy atom. The zero-order chi connectivity index (χ0) is 10.6. The van der Waals surface area contributed by atoms with Gasteiger partial charge in [0.1, 0.15) is 0 Å². The molecule has 3 heteroatoms. The number of nitrogens with one attached hydrogen (secondary N) is 1. The second-order valence-corrected chi connectivity index (χ2v) is 5.60. The molecule has 1 saturated heterocycles. The first kappa shape index (κ1) is 11.9. The molecule has 0 bridgehead atoms. The van der Waals surface area contributed by atoms with Crippen molar-refractivity contribution in [2.75, 3.05) is 12.3 Å². The third kappa shape index (κ3) is 3.91. The van der Waals surface area contributed by atoms with Crippen LogP contribution in [-0.4, -0.2) is 23.5 Å². The third-order valence-corrected chi connectivity index (χ3v) is 3.86. The Bertz CT molecular complexity index is 201. The Kier molecular flexibility index (Phi) is 4.79. The summed E-state index contributed by atoms with van der Waals surface area (Å²) in [5, 5.41) is 4.60. The highest BCUT2D eigenvalue weighted by Gasteiger charge is 2.20. The summed E-state index contributed by atoms with van der Waals surface area (Å²) >= 11 is 1.87. The lowest BCUT2D eigenvalue weighted by atomic mass is 10.1. The highest BCUT2D eigenvalue weighted by atomic mass is 32.2. The van der Waals surface area contributed by atoms with E-state index in [-0.39, 0.29) is 0 Å². The largest absolute Gasteiger partial charge is 0.362 e. The predicted molar refractivity (Wildman–Crippen MR) is 66.0 cm³/mol. The molecule has 1 rings (SSSR count). The first-order valence-electron chi connectivity index (χ1n) is 5.53. The summed E-state index contributed by atoms with van der Waals surface area (Å²) in [5.74, 6) is 2.71. The molecule has 1 N–H and O–H groups in total. The van der Waals surface area contributed by atoms with Gasteiger partial charge >= 0.3 is 0 Å². The number of hydrogen-bond donors (Lipinski definition) is 1. The summed E-state index contributed by atoms with van der Waals surface area (Å²) in [4.78, 5) is 4.58. The van der Waals surface area contributed by atoms with Gasteiger partial charge in [0.2, 0.25) is 0 Å². The summed E-state index contributed by atoms with van der Waals surface area (Å²) in [6, 6.07) is 0.578. The molecule has 0 aromatic carbocycles. The quantitative estimate of drug-likeness (QED) is 0.781. The van der Waals surface area contributed by atoms with Crippen LogP contribution in [-0.2, 0) is 0 Å². The van der Waals surface area contributed by atoms with Gasteiger partial charge in [-0.15, -0.1) is 0 Å². The van der Waals surface area contributed by atoms with Crippen molar-refractivity contribution in [3.05, 3.63) is 0 Å². The fraction of sp³-hybridized carbons (Fsp3) is 0.909. The van der Waals surface area contributed by atoms with E-state index in [4.69, 9.17) is 0 Å². The molecule has 2 nitrogen and oxygen atoms in total. The molecule has 0 aromatic heterocycles. The molecule has 0 spiro atoms. The fourth-order valence-corrected chi connectivity index (χ4v) is 2.41. The van der Waals surface area contributed by atoms with Crippen molar-refractivity contribution in [3.8, 4) is 0 Å². The third-order valence-electron chi connectivity index (χ3n) is 2.65. The molecule has 0 aromatic rings. The van der Waals surface area contributed by atoms with Crippen LogP contribution in [0.1, 0.15) is 34.1 Å². The molecule has 1 fully saturated rings. The smallest absolute Gasteiger partial charge is 0.156 e. The van der Waals surface area contributed by atoms with Crippen LogP contribution in [0.3, 0.4) is 0 Å². The van der Waals surface area contributed by atoms with Gasteiger partial charge in [-0.2, -0.15) is 0 Å². The van der Waals surface area contributed by atoms with Crippen molar-refractivity contribution in [1.82, 2.24) is 5.32 Å². The minimum atomic E-state index is 0.578. The summed E-state index contributed by atoms with van der Waals surface area (Å²) in [6.45, 7) is 9.98. The average molecular weight is 214 g/mol. The second-order valence-electron chi connectivity index (χ2n) is 4.59. The highest BCUT2D eigenvalue weighted by Crippen LogP contribution is 2.19. The van der Waals surface area contributed by atoms with E-state index in [1.165, 1.54) is 12.2 Å². The van der Waals surface area contributed by atoms with E-state index in [0.29, 0.717) is 6.04 Å². The lowest BCUT2D eigenvalue weighted by Gasteiger charge is -2.28. The Balaban J connectivity index is 2.31. The van der Waals surface area contributed by atoms with Crippen molar-refractivity contribution in [1.29, 1.82) is 0 Å². The molecule has 82 valence electrons. The topological polar surface area (TPSA) is 24.4 Å². The molecule has 0 saturated carbocycles. The lowest BCUT2D eigenvalue weighted by molar-refractivity contribution is 0.489. The van der Waals surface area contributed by atoms with Gasteiger partial charge in [-0.3, -0.25) is 4.99 Å². The van der Waals surface area contributed by atoms with Gasteiger partial charge in [0.15, 0.2) is 5.17 Å². The van der Waals surface area contributed by atoms with Crippen LogP contribution < -0.4 is 5.32 Å². The predicted octanol–water partition coefficient (Wildman–Crippen LogP) is 2.75. The van der Waals surface area contributed by atoms with Crippen molar-refractivity contribution in [2.24, 2.45) is 16.8 Å². The van der Waals surface area contributed by atoms with Crippen molar-refractivity contribution in [3.63, 3.8) is 0 Å². The maximum absolute atomic E-state index is 4.58. The molecule has 1 aliphatic rings. The van der Waals surface area contributed by atoms with E-state index < -0.39 is 0 Å². The number of rotatable bonds is 3. The van der Waals surface area contributed by atoms with Crippen LogP contribution >= 0.6 is 11.8 Å². The van der Waals surface area contributed by atoms with E-state index in [0.717, 1.165) is 23.5 Å². The van der Waals surface area contributed by atoms with Crippen LogP contribution in [0.2, 0.25) is 0 Å².